The van der Waals surface area contributed by atoms with Crippen molar-refractivity contribution in [1.82, 2.24) is 9.88 Å². The van der Waals surface area contributed by atoms with Gasteiger partial charge in [0, 0.05) is 30.6 Å². The van der Waals surface area contributed by atoms with Gasteiger partial charge in [-0.3, -0.25) is 4.98 Å². The summed E-state index contributed by atoms with van der Waals surface area (Å²) >= 11 is 5.70. The Morgan fingerprint density at radius 1 is 1.40 bits per heavy atom. The van der Waals surface area contributed by atoms with Crippen molar-refractivity contribution >= 4 is 11.6 Å². The zero-order valence-corrected chi connectivity index (χ0v) is 11.7. The number of likely N-dealkylation sites (tertiary alicyclic amines) is 1. The van der Waals surface area contributed by atoms with Crippen LogP contribution in [-0.2, 0) is 11.6 Å². The van der Waals surface area contributed by atoms with Crippen LogP contribution in [0, 0.1) is 5.92 Å². The molecule has 1 aliphatic carbocycles. The number of pyridine rings is 1. The number of alkyl halides is 4. The molecule has 1 aromatic heterocycles. The van der Waals surface area contributed by atoms with Crippen LogP contribution >= 0.6 is 11.6 Å². The van der Waals surface area contributed by atoms with Crippen molar-refractivity contribution in [1.29, 1.82) is 0 Å². The fourth-order valence-corrected chi connectivity index (χ4v) is 3.46. The molecule has 0 spiro atoms. The summed E-state index contributed by atoms with van der Waals surface area (Å²) in [5.41, 5.74) is 0.180. The van der Waals surface area contributed by atoms with Crippen LogP contribution in [0.4, 0.5) is 13.2 Å². The molecule has 20 heavy (non-hydrogen) atoms. The van der Waals surface area contributed by atoms with E-state index in [0.29, 0.717) is 11.8 Å². The number of rotatable bonds is 4. The molecule has 0 radical (unpaired) electrons. The van der Waals surface area contributed by atoms with Crippen LogP contribution in [0.2, 0.25) is 0 Å². The maximum Gasteiger partial charge on any atom is 0.433 e. The summed E-state index contributed by atoms with van der Waals surface area (Å²) in [7, 11) is 0. The van der Waals surface area contributed by atoms with Gasteiger partial charge in [0.15, 0.2) is 0 Å². The van der Waals surface area contributed by atoms with Crippen molar-refractivity contribution in [3.8, 4) is 0 Å². The molecular formula is C14H16ClF3N2. The van der Waals surface area contributed by atoms with Crippen LogP contribution in [0.1, 0.15) is 24.1 Å². The van der Waals surface area contributed by atoms with Gasteiger partial charge in [-0.05, 0) is 36.9 Å². The summed E-state index contributed by atoms with van der Waals surface area (Å²) < 4.78 is 37.6. The molecule has 1 aromatic rings. The second-order valence-electron chi connectivity index (χ2n) is 5.76. The standard InChI is InChI=1S/C14H16ClF3N2/c15-4-1-5-20-8-11-6-13(11,9-20)10-2-3-12(19-7-10)14(16,17)18/h2-3,7,11H,1,4-6,8-9H2/t11?,13-/m0/s1. The maximum absolute atomic E-state index is 12.5. The van der Waals surface area contributed by atoms with Crippen LogP contribution in [0.3, 0.4) is 0 Å². The smallest absolute Gasteiger partial charge is 0.302 e. The van der Waals surface area contributed by atoms with Crippen LogP contribution in [0.5, 0.6) is 0 Å². The minimum absolute atomic E-state index is 0.0451. The molecular weight excluding hydrogens is 289 g/mol. The number of piperidine rings is 1. The van der Waals surface area contributed by atoms with E-state index in [1.807, 2.05) is 0 Å². The first-order valence-corrected chi connectivity index (χ1v) is 7.31. The lowest BCUT2D eigenvalue weighted by molar-refractivity contribution is -0.141. The predicted molar refractivity (Wildman–Crippen MR) is 70.8 cm³/mol. The highest BCUT2D eigenvalue weighted by Crippen LogP contribution is 2.58. The van der Waals surface area contributed by atoms with Gasteiger partial charge < -0.3 is 4.90 Å². The minimum Gasteiger partial charge on any atom is -0.302 e. The van der Waals surface area contributed by atoms with Crippen LogP contribution in [0.15, 0.2) is 18.3 Å². The monoisotopic (exact) mass is 304 g/mol. The van der Waals surface area contributed by atoms with Crippen molar-refractivity contribution in [2.45, 2.75) is 24.4 Å². The first kappa shape index (κ1) is 14.1. The Morgan fingerprint density at radius 3 is 2.80 bits per heavy atom. The van der Waals surface area contributed by atoms with Gasteiger partial charge in [-0.1, -0.05) is 6.07 Å². The zero-order valence-electron chi connectivity index (χ0n) is 11.0. The number of hydrogen-bond donors (Lipinski definition) is 0. The van der Waals surface area contributed by atoms with E-state index < -0.39 is 11.9 Å². The fraction of sp³-hybridized carbons (Fsp3) is 0.643. The number of fused-ring (bicyclic) bond motifs is 1. The summed E-state index contributed by atoms with van der Waals surface area (Å²) in [6.45, 7) is 2.91. The quantitative estimate of drug-likeness (QED) is 0.794. The van der Waals surface area contributed by atoms with Gasteiger partial charge in [0.25, 0.3) is 0 Å². The number of hydrogen-bond acceptors (Lipinski definition) is 2. The minimum atomic E-state index is -4.36. The van der Waals surface area contributed by atoms with Crippen LogP contribution in [-0.4, -0.2) is 35.4 Å². The average Bonchev–Trinajstić information content (AvgIpc) is 2.99. The number of nitrogens with zero attached hydrogens (tertiary/aromatic N) is 2. The van der Waals surface area contributed by atoms with Crippen molar-refractivity contribution in [2.75, 3.05) is 25.5 Å². The topological polar surface area (TPSA) is 16.1 Å². The molecule has 110 valence electrons. The molecule has 2 fully saturated rings. The lowest BCUT2D eigenvalue weighted by atomic mass is 9.96. The van der Waals surface area contributed by atoms with E-state index in [1.165, 1.54) is 6.20 Å². The highest BCUT2D eigenvalue weighted by Gasteiger charge is 2.60. The first-order valence-electron chi connectivity index (χ1n) is 6.78. The molecule has 0 aromatic carbocycles. The first-order chi connectivity index (χ1) is 9.45. The Kier molecular flexibility index (Phi) is 3.45. The maximum atomic E-state index is 12.5. The molecule has 0 N–H and O–H groups in total. The van der Waals surface area contributed by atoms with Crippen molar-refractivity contribution in [3.05, 3.63) is 29.6 Å². The molecule has 1 aliphatic heterocycles. The molecule has 1 saturated heterocycles. The highest BCUT2D eigenvalue weighted by molar-refractivity contribution is 6.17. The van der Waals surface area contributed by atoms with Gasteiger partial charge in [-0.2, -0.15) is 13.2 Å². The molecule has 2 heterocycles. The van der Waals surface area contributed by atoms with E-state index in [4.69, 9.17) is 11.6 Å². The molecule has 1 unspecified atom stereocenters. The van der Waals surface area contributed by atoms with Gasteiger partial charge in [0.05, 0.1) is 0 Å². The SMILES string of the molecule is FC(F)(F)c1ccc([C@@]23CC2CN(CCCCl)C3)cn1. The summed E-state index contributed by atoms with van der Waals surface area (Å²) in [5.74, 6) is 1.21. The van der Waals surface area contributed by atoms with Crippen molar-refractivity contribution < 1.29 is 13.2 Å². The van der Waals surface area contributed by atoms with E-state index in [9.17, 15) is 13.2 Å². The van der Waals surface area contributed by atoms with E-state index in [0.717, 1.165) is 44.1 Å². The fourth-order valence-electron chi connectivity index (χ4n) is 3.34. The predicted octanol–water partition coefficient (Wildman–Crippen LogP) is 3.30. The van der Waals surface area contributed by atoms with Crippen LogP contribution in [0.25, 0.3) is 0 Å². The Bertz CT molecular complexity index is 488. The normalized spacial score (nSPS) is 29.5. The number of halogens is 4. The van der Waals surface area contributed by atoms with Gasteiger partial charge in [0.2, 0.25) is 0 Å². The Labute approximate surface area is 120 Å². The third-order valence-electron chi connectivity index (χ3n) is 4.45. The largest absolute Gasteiger partial charge is 0.433 e. The van der Waals surface area contributed by atoms with Crippen LogP contribution < -0.4 is 0 Å². The molecule has 3 rings (SSSR count). The third-order valence-corrected chi connectivity index (χ3v) is 4.72. The zero-order chi connectivity index (χ0) is 14.4. The van der Waals surface area contributed by atoms with Crippen molar-refractivity contribution in [3.63, 3.8) is 0 Å². The Morgan fingerprint density at radius 2 is 2.20 bits per heavy atom. The molecule has 2 atom stereocenters. The Hall–Kier alpha value is -0.810. The second kappa shape index (κ2) is 4.88. The van der Waals surface area contributed by atoms with E-state index in [-0.39, 0.29) is 5.41 Å². The van der Waals surface area contributed by atoms with Gasteiger partial charge in [-0.25, -0.2) is 0 Å². The molecule has 2 aliphatic rings. The lowest BCUT2D eigenvalue weighted by Gasteiger charge is -2.20. The molecule has 1 saturated carbocycles. The number of aromatic nitrogens is 1. The molecule has 6 heteroatoms. The van der Waals surface area contributed by atoms with Gasteiger partial charge in [0.1, 0.15) is 5.69 Å². The van der Waals surface area contributed by atoms with E-state index >= 15 is 0 Å². The van der Waals surface area contributed by atoms with E-state index in [2.05, 4.69) is 9.88 Å². The average molecular weight is 305 g/mol. The Balaban J connectivity index is 1.71. The summed E-state index contributed by atoms with van der Waals surface area (Å²) in [4.78, 5) is 5.94. The van der Waals surface area contributed by atoms with Crippen molar-refractivity contribution in [2.24, 2.45) is 5.92 Å². The third kappa shape index (κ3) is 2.42. The summed E-state index contributed by atoms with van der Waals surface area (Å²) in [6.07, 6.45) is -0.928. The van der Waals surface area contributed by atoms with E-state index in [1.54, 1.807) is 6.07 Å². The molecule has 0 bridgehead atoms. The van der Waals surface area contributed by atoms with Gasteiger partial charge >= 0.3 is 6.18 Å². The second-order valence-corrected chi connectivity index (χ2v) is 6.14. The lowest BCUT2D eigenvalue weighted by Crippen LogP contribution is -2.28. The summed E-state index contributed by atoms with van der Waals surface area (Å²) in [6, 6.07) is 2.70. The molecule has 2 nitrogen and oxygen atoms in total. The summed E-state index contributed by atoms with van der Waals surface area (Å²) in [5, 5.41) is 0. The highest BCUT2D eigenvalue weighted by atomic mass is 35.5. The van der Waals surface area contributed by atoms with Gasteiger partial charge in [-0.15, -0.1) is 11.6 Å². The molecule has 0 amide bonds.